The number of anilines is 1. The predicted octanol–water partition coefficient (Wildman–Crippen LogP) is 3.37. The lowest BCUT2D eigenvalue weighted by Crippen LogP contribution is -2.44. The molecule has 1 amide bonds. The minimum atomic E-state index is -0.242. The van der Waals surface area contributed by atoms with E-state index in [-0.39, 0.29) is 17.8 Å². The van der Waals surface area contributed by atoms with E-state index in [1.54, 1.807) is 12.1 Å². The van der Waals surface area contributed by atoms with Crippen LogP contribution in [-0.2, 0) is 11.2 Å². The van der Waals surface area contributed by atoms with Crippen LogP contribution in [0.1, 0.15) is 30.7 Å². The maximum Gasteiger partial charge on any atom is 0.241 e. The minimum absolute atomic E-state index is 0.0487. The molecule has 1 aliphatic heterocycles. The smallest absolute Gasteiger partial charge is 0.241 e. The van der Waals surface area contributed by atoms with Crippen molar-refractivity contribution in [3.8, 4) is 0 Å². The predicted molar refractivity (Wildman–Crippen MR) is 102 cm³/mol. The summed E-state index contributed by atoms with van der Waals surface area (Å²) in [6.45, 7) is 0. The number of nitrogens with zero attached hydrogens (tertiary/aromatic N) is 1. The number of benzene rings is 2. The van der Waals surface area contributed by atoms with Crippen LogP contribution >= 0.6 is 0 Å². The molecule has 1 aliphatic carbocycles. The van der Waals surface area contributed by atoms with E-state index in [4.69, 9.17) is 0 Å². The highest BCUT2D eigenvalue weighted by atomic mass is 19.1. The zero-order chi connectivity index (χ0) is 18.4. The van der Waals surface area contributed by atoms with Crippen molar-refractivity contribution in [2.24, 2.45) is 5.92 Å². The number of fused-ring (bicyclic) bond motifs is 3. The van der Waals surface area contributed by atoms with Gasteiger partial charge in [0.1, 0.15) is 11.6 Å². The van der Waals surface area contributed by atoms with Crippen molar-refractivity contribution < 1.29 is 9.18 Å². The SMILES string of the molecule is O=C(Nc1ccc2nc(Cc3ccc(F)cc3)[nH]c2c1)[C@@H]1N[C@@H]2CC[C@H]1C2. The van der Waals surface area contributed by atoms with Gasteiger partial charge in [-0.1, -0.05) is 12.1 Å². The summed E-state index contributed by atoms with van der Waals surface area (Å²) in [5, 5.41) is 6.46. The lowest BCUT2D eigenvalue weighted by Gasteiger charge is -2.22. The third kappa shape index (κ3) is 3.21. The molecule has 3 aromatic rings. The molecule has 3 atom stereocenters. The molecular weight excluding hydrogens is 343 g/mol. The average Bonchev–Trinajstić information content (AvgIpc) is 3.38. The van der Waals surface area contributed by atoms with Crippen molar-refractivity contribution in [3.63, 3.8) is 0 Å². The van der Waals surface area contributed by atoms with Crippen molar-refractivity contribution in [2.75, 3.05) is 5.32 Å². The summed E-state index contributed by atoms with van der Waals surface area (Å²) in [4.78, 5) is 20.5. The molecular formula is C21H21FN4O. The molecule has 0 radical (unpaired) electrons. The summed E-state index contributed by atoms with van der Waals surface area (Å²) >= 11 is 0. The fourth-order valence-electron chi connectivity index (χ4n) is 4.39. The first-order valence-corrected chi connectivity index (χ1v) is 9.44. The van der Waals surface area contributed by atoms with E-state index in [9.17, 15) is 9.18 Å². The lowest BCUT2D eigenvalue weighted by atomic mass is 9.99. The Morgan fingerprint density at radius 2 is 2.04 bits per heavy atom. The van der Waals surface area contributed by atoms with Crippen LogP contribution in [0.25, 0.3) is 11.0 Å². The lowest BCUT2D eigenvalue weighted by molar-refractivity contribution is -0.119. The Labute approximate surface area is 156 Å². The number of amides is 1. The summed E-state index contributed by atoms with van der Waals surface area (Å²) in [5.41, 5.74) is 3.49. The number of halogens is 1. The first-order chi connectivity index (χ1) is 13.1. The van der Waals surface area contributed by atoms with E-state index in [2.05, 4.69) is 20.6 Å². The van der Waals surface area contributed by atoms with Crippen LogP contribution in [0.3, 0.4) is 0 Å². The zero-order valence-electron chi connectivity index (χ0n) is 14.8. The molecule has 2 aromatic carbocycles. The minimum Gasteiger partial charge on any atom is -0.342 e. The second kappa shape index (κ2) is 6.46. The van der Waals surface area contributed by atoms with Gasteiger partial charge in [-0.15, -0.1) is 0 Å². The molecule has 1 saturated carbocycles. The van der Waals surface area contributed by atoms with Gasteiger partial charge in [-0.25, -0.2) is 9.37 Å². The molecule has 1 aromatic heterocycles. The fourth-order valence-corrected chi connectivity index (χ4v) is 4.39. The number of nitrogens with one attached hydrogen (secondary N) is 3. The number of carbonyl (C=O) groups is 1. The van der Waals surface area contributed by atoms with E-state index < -0.39 is 0 Å². The maximum atomic E-state index is 13.0. The van der Waals surface area contributed by atoms with Gasteiger partial charge in [-0.05, 0) is 61.1 Å². The first-order valence-electron chi connectivity index (χ1n) is 9.44. The Balaban J connectivity index is 1.31. The number of aromatic amines is 1. The van der Waals surface area contributed by atoms with E-state index >= 15 is 0 Å². The number of rotatable bonds is 4. The molecule has 2 aliphatic rings. The van der Waals surface area contributed by atoms with Gasteiger partial charge < -0.3 is 15.6 Å². The highest BCUT2D eigenvalue weighted by molar-refractivity contribution is 5.97. The van der Waals surface area contributed by atoms with Gasteiger partial charge in [-0.2, -0.15) is 0 Å². The van der Waals surface area contributed by atoms with Crippen molar-refractivity contribution in [2.45, 2.75) is 37.8 Å². The quantitative estimate of drug-likeness (QED) is 0.665. The number of H-pyrrole nitrogens is 1. The van der Waals surface area contributed by atoms with Crippen LogP contribution in [0.5, 0.6) is 0 Å². The van der Waals surface area contributed by atoms with E-state index in [0.29, 0.717) is 18.4 Å². The van der Waals surface area contributed by atoms with Crippen LogP contribution in [0.4, 0.5) is 10.1 Å². The summed E-state index contributed by atoms with van der Waals surface area (Å²) in [7, 11) is 0. The van der Waals surface area contributed by atoms with E-state index in [1.165, 1.54) is 18.6 Å². The number of carbonyl (C=O) groups excluding carboxylic acids is 1. The molecule has 3 N–H and O–H groups in total. The summed E-state index contributed by atoms with van der Waals surface area (Å²) in [6, 6.07) is 12.6. The molecule has 2 bridgehead atoms. The molecule has 0 spiro atoms. The third-order valence-corrected chi connectivity index (χ3v) is 5.73. The van der Waals surface area contributed by atoms with Crippen LogP contribution in [0, 0.1) is 11.7 Å². The van der Waals surface area contributed by atoms with Gasteiger partial charge in [-0.3, -0.25) is 4.79 Å². The normalized spacial score (nSPS) is 23.8. The topological polar surface area (TPSA) is 69.8 Å². The monoisotopic (exact) mass is 364 g/mol. The van der Waals surface area contributed by atoms with Gasteiger partial charge in [0, 0.05) is 18.2 Å². The molecule has 2 heterocycles. The third-order valence-electron chi connectivity index (χ3n) is 5.73. The second-order valence-electron chi connectivity index (χ2n) is 7.62. The summed E-state index contributed by atoms with van der Waals surface area (Å²) in [6.07, 6.45) is 4.05. The van der Waals surface area contributed by atoms with Crippen molar-refractivity contribution in [3.05, 3.63) is 59.7 Å². The number of piperidine rings is 1. The first kappa shape index (κ1) is 16.4. The van der Waals surface area contributed by atoms with Crippen molar-refractivity contribution in [1.82, 2.24) is 15.3 Å². The van der Waals surface area contributed by atoms with Gasteiger partial charge >= 0.3 is 0 Å². The Hall–Kier alpha value is -2.73. The van der Waals surface area contributed by atoms with Gasteiger partial charge in [0.05, 0.1) is 17.1 Å². The number of aromatic nitrogens is 2. The Bertz CT molecular complexity index is 997. The van der Waals surface area contributed by atoms with Gasteiger partial charge in [0.15, 0.2) is 0 Å². The van der Waals surface area contributed by atoms with Crippen molar-refractivity contribution >= 4 is 22.6 Å². The van der Waals surface area contributed by atoms with E-state index in [0.717, 1.165) is 41.0 Å². The standard InChI is InChI=1S/C21H21FN4O/c22-14-4-1-12(2-5-14)9-19-25-17-8-7-16(11-18(17)26-19)24-21(27)20-13-3-6-15(10-13)23-20/h1-2,4-5,7-8,11,13,15,20,23H,3,6,9-10H2,(H,24,27)(H,25,26)/t13-,15+,20+/m0/s1. The van der Waals surface area contributed by atoms with Crippen molar-refractivity contribution in [1.29, 1.82) is 0 Å². The van der Waals surface area contributed by atoms with Crippen LogP contribution in [-0.4, -0.2) is 28.0 Å². The molecule has 5 nitrogen and oxygen atoms in total. The number of imidazole rings is 1. The van der Waals surface area contributed by atoms with Gasteiger partial charge in [0.2, 0.25) is 5.91 Å². The van der Waals surface area contributed by atoms with Gasteiger partial charge in [0.25, 0.3) is 0 Å². The van der Waals surface area contributed by atoms with Crippen LogP contribution in [0.2, 0.25) is 0 Å². The number of hydrogen-bond donors (Lipinski definition) is 3. The maximum absolute atomic E-state index is 13.0. The number of hydrogen-bond acceptors (Lipinski definition) is 3. The van der Waals surface area contributed by atoms with E-state index in [1.807, 2.05) is 18.2 Å². The Morgan fingerprint density at radius 1 is 1.19 bits per heavy atom. The molecule has 2 fully saturated rings. The fraction of sp³-hybridized carbons (Fsp3) is 0.333. The molecule has 138 valence electrons. The largest absolute Gasteiger partial charge is 0.342 e. The van der Waals surface area contributed by atoms with Crippen LogP contribution < -0.4 is 10.6 Å². The second-order valence-corrected chi connectivity index (χ2v) is 7.62. The van der Waals surface area contributed by atoms with Crippen LogP contribution in [0.15, 0.2) is 42.5 Å². The Morgan fingerprint density at radius 3 is 2.78 bits per heavy atom. The molecule has 6 heteroatoms. The molecule has 1 saturated heterocycles. The highest BCUT2D eigenvalue weighted by Gasteiger charge is 2.42. The average molecular weight is 364 g/mol. The summed E-state index contributed by atoms with van der Waals surface area (Å²) in [5.74, 6) is 1.09. The molecule has 27 heavy (non-hydrogen) atoms. The molecule has 5 rings (SSSR count). The zero-order valence-corrected chi connectivity index (χ0v) is 14.8. The Kier molecular flexibility index (Phi) is 3.93. The summed E-state index contributed by atoms with van der Waals surface area (Å²) < 4.78 is 13.0. The molecule has 0 unspecified atom stereocenters. The highest BCUT2D eigenvalue weighted by Crippen LogP contribution is 2.35.